The van der Waals surface area contributed by atoms with Gasteiger partial charge >= 0.3 is 0 Å². The molecule has 0 atom stereocenters. The quantitative estimate of drug-likeness (QED) is 0.573. The van der Waals surface area contributed by atoms with E-state index in [1.54, 1.807) is 12.1 Å². The number of non-ortho nitro benzene ring substituents is 1. The fourth-order valence-electron chi connectivity index (χ4n) is 3.09. The minimum atomic E-state index is -0.325. The topological polar surface area (TPSA) is 46.4 Å². The maximum Gasteiger partial charge on any atom is 0.270 e. The summed E-state index contributed by atoms with van der Waals surface area (Å²) < 4.78 is 0. The zero-order chi connectivity index (χ0) is 13.8. The van der Waals surface area contributed by atoms with Crippen LogP contribution in [0.1, 0.15) is 25.0 Å². The lowest BCUT2D eigenvalue weighted by molar-refractivity contribution is -0.384. The van der Waals surface area contributed by atoms with Gasteiger partial charge in [-0.1, -0.05) is 19.9 Å². The Balaban J connectivity index is 2.22. The van der Waals surface area contributed by atoms with Gasteiger partial charge in [0.2, 0.25) is 0 Å². The molecule has 4 heteroatoms. The highest BCUT2D eigenvalue weighted by atomic mass is 16.6. The monoisotopic (exact) mass is 256 g/mol. The van der Waals surface area contributed by atoms with Gasteiger partial charge in [0.1, 0.15) is 0 Å². The number of rotatable bonds is 1. The second-order valence-corrected chi connectivity index (χ2v) is 5.74. The lowest BCUT2D eigenvalue weighted by Gasteiger charge is -2.26. The van der Waals surface area contributed by atoms with Crippen molar-refractivity contribution < 1.29 is 4.92 Å². The maximum atomic E-state index is 11.0. The minimum absolute atomic E-state index is 0.0719. The zero-order valence-electron chi connectivity index (χ0n) is 11.3. The number of fused-ring (bicyclic) bond motifs is 2. The molecule has 1 aromatic rings. The van der Waals surface area contributed by atoms with Crippen LogP contribution in [0.25, 0.3) is 5.57 Å². The predicted octanol–water partition coefficient (Wildman–Crippen LogP) is 3.10. The number of hydrogen-bond donors (Lipinski definition) is 0. The molecule has 19 heavy (non-hydrogen) atoms. The van der Waals surface area contributed by atoms with Crippen molar-refractivity contribution in [2.45, 2.75) is 19.3 Å². The molecule has 0 bridgehead atoms. The van der Waals surface area contributed by atoms with Crippen molar-refractivity contribution in [1.29, 1.82) is 0 Å². The summed E-state index contributed by atoms with van der Waals surface area (Å²) in [4.78, 5) is 12.7. The van der Waals surface area contributed by atoms with Gasteiger partial charge in [0.25, 0.3) is 5.69 Å². The molecule has 0 radical (unpaired) electrons. The molecule has 0 fully saturated rings. The molecule has 0 unspecified atom stereocenters. The molecule has 2 aliphatic rings. The molecule has 0 spiro atoms. The van der Waals surface area contributed by atoms with E-state index in [9.17, 15) is 10.1 Å². The van der Waals surface area contributed by atoms with Gasteiger partial charge in [0.05, 0.1) is 4.92 Å². The van der Waals surface area contributed by atoms with Crippen LogP contribution in [-0.4, -0.2) is 23.4 Å². The van der Waals surface area contributed by atoms with Crippen LogP contribution < -0.4 is 0 Å². The van der Waals surface area contributed by atoms with Gasteiger partial charge in [-0.05, 0) is 34.5 Å². The fraction of sp³-hybridized carbons (Fsp3) is 0.333. The van der Waals surface area contributed by atoms with Crippen LogP contribution in [0.3, 0.4) is 0 Å². The molecular weight excluding hydrogens is 240 g/mol. The first kappa shape index (κ1) is 12.0. The molecule has 1 aromatic carbocycles. The second kappa shape index (κ2) is 3.70. The first-order valence-corrected chi connectivity index (χ1v) is 6.32. The average Bonchev–Trinajstić information content (AvgIpc) is 2.58. The van der Waals surface area contributed by atoms with E-state index in [1.807, 2.05) is 13.1 Å². The molecule has 4 nitrogen and oxygen atoms in total. The highest BCUT2D eigenvalue weighted by Crippen LogP contribution is 2.48. The van der Waals surface area contributed by atoms with Gasteiger partial charge in [-0.15, -0.1) is 0 Å². The molecule has 98 valence electrons. The minimum Gasteiger partial charge on any atom is -0.376 e. The van der Waals surface area contributed by atoms with Gasteiger partial charge in [-0.2, -0.15) is 0 Å². The smallest absolute Gasteiger partial charge is 0.270 e. The lowest BCUT2D eigenvalue weighted by atomic mass is 9.81. The van der Waals surface area contributed by atoms with Crippen molar-refractivity contribution >= 4 is 11.3 Å². The third-order valence-electron chi connectivity index (χ3n) is 4.11. The Labute approximate surface area is 112 Å². The van der Waals surface area contributed by atoms with Crippen molar-refractivity contribution in [2.75, 3.05) is 13.6 Å². The highest BCUT2D eigenvalue weighted by Gasteiger charge is 2.38. The molecule has 0 saturated heterocycles. The Morgan fingerprint density at radius 2 is 2.11 bits per heavy atom. The third kappa shape index (κ3) is 1.59. The Bertz CT molecular complexity index is 642. The summed E-state index contributed by atoms with van der Waals surface area (Å²) in [5.74, 6) is 0. The van der Waals surface area contributed by atoms with Crippen LogP contribution in [0, 0.1) is 10.1 Å². The van der Waals surface area contributed by atoms with Gasteiger partial charge in [0, 0.05) is 31.1 Å². The van der Waals surface area contributed by atoms with Crippen molar-refractivity contribution in [1.82, 2.24) is 4.90 Å². The predicted molar refractivity (Wildman–Crippen MR) is 74.8 cm³/mol. The van der Waals surface area contributed by atoms with Crippen molar-refractivity contribution in [3.8, 4) is 0 Å². The van der Waals surface area contributed by atoms with E-state index in [4.69, 9.17) is 0 Å². The zero-order valence-corrected chi connectivity index (χ0v) is 11.3. The van der Waals surface area contributed by atoms with E-state index < -0.39 is 0 Å². The molecular formula is C15H16N2O2. The van der Waals surface area contributed by atoms with Gasteiger partial charge < -0.3 is 4.90 Å². The number of nitro groups is 1. The van der Waals surface area contributed by atoms with E-state index in [0.29, 0.717) is 0 Å². The first-order valence-electron chi connectivity index (χ1n) is 6.32. The Morgan fingerprint density at radius 1 is 1.37 bits per heavy atom. The highest BCUT2D eigenvalue weighted by molar-refractivity contribution is 5.84. The summed E-state index contributed by atoms with van der Waals surface area (Å²) in [5, 5.41) is 11.0. The van der Waals surface area contributed by atoms with Crippen LogP contribution in [0.5, 0.6) is 0 Å². The molecule has 3 rings (SSSR count). The Morgan fingerprint density at radius 3 is 2.79 bits per heavy atom. The summed E-state index contributed by atoms with van der Waals surface area (Å²) in [6, 6.07) is 5.22. The molecule has 0 N–H and O–H groups in total. The average molecular weight is 256 g/mol. The summed E-state index contributed by atoms with van der Waals surface area (Å²) in [5.41, 5.74) is 4.81. The van der Waals surface area contributed by atoms with Crippen molar-refractivity contribution in [3.05, 3.63) is 57.3 Å². The third-order valence-corrected chi connectivity index (χ3v) is 4.11. The number of nitro benzene ring substituents is 1. The van der Waals surface area contributed by atoms with Crippen LogP contribution >= 0.6 is 0 Å². The molecule has 0 amide bonds. The fourth-order valence-corrected chi connectivity index (χ4v) is 3.09. The van der Waals surface area contributed by atoms with E-state index in [0.717, 1.165) is 12.1 Å². The van der Waals surface area contributed by atoms with Crippen molar-refractivity contribution in [2.24, 2.45) is 0 Å². The van der Waals surface area contributed by atoms with Crippen LogP contribution in [0.15, 0.2) is 36.0 Å². The lowest BCUT2D eigenvalue weighted by Crippen LogP contribution is -2.21. The van der Waals surface area contributed by atoms with Crippen LogP contribution in [0.2, 0.25) is 0 Å². The van der Waals surface area contributed by atoms with E-state index in [2.05, 4.69) is 31.0 Å². The molecule has 1 aliphatic carbocycles. The number of hydrogen-bond acceptors (Lipinski definition) is 3. The summed E-state index contributed by atoms with van der Waals surface area (Å²) >= 11 is 0. The van der Waals surface area contributed by atoms with Crippen molar-refractivity contribution in [3.63, 3.8) is 0 Å². The van der Waals surface area contributed by atoms with E-state index in [1.165, 1.54) is 16.7 Å². The van der Waals surface area contributed by atoms with Gasteiger partial charge in [-0.25, -0.2) is 0 Å². The Hall–Kier alpha value is -2.10. The maximum absolute atomic E-state index is 11.0. The van der Waals surface area contributed by atoms with Crippen LogP contribution in [0.4, 0.5) is 5.69 Å². The molecule has 1 aliphatic heterocycles. The second-order valence-electron chi connectivity index (χ2n) is 5.74. The largest absolute Gasteiger partial charge is 0.376 e. The first-order chi connectivity index (χ1) is 8.91. The van der Waals surface area contributed by atoms with Crippen LogP contribution in [-0.2, 0) is 5.41 Å². The van der Waals surface area contributed by atoms with Gasteiger partial charge in [-0.3, -0.25) is 10.1 Å². The summed E-state index contributed by atoms with van der Waals surface area (Å²) in [6.07, 6.45) is 4.20. The molecule has 1 heterocycles. The van der Waals surface area contributed by atoms with Gasteiger partial charge in [0.15, 0.2) is 0 Å². The summed E-state index contributed by atoms with van der Waals surface area (Å²) in [6.45, 7) is 5.16. The number of allylic oxidation sites excluding steroid dienone is 2. The normalized spacial score (nSPS) is 19.4. The van der Waals surface area contributed by atoms with E-state index in [-0.39, 0.29) is 16.0 Å². The molecule has 0 aromatic heterocycles. The van der Waals surface area contributed by atoms with E-state index >= 15 is 0 Å². The summed E-state index contributed by atoms with van der Waals surface area (Å²) in [7, 11) is 2.02. The number of benzene rings is 1. The molecule has 0 saturated carbocycles. The number of nitrogens with zero attached hydrogens (tertiary/aromatic N) is 2. The standard InChI is InChI=1S/C15H16N2O2/c1-15(2)13-5-4-10(17(18)19)8-11(13)12-9-16(3)7-6-14(12)15/h4-8H,9H2,1-3H3. The SMILES string of the molecule is CN1C=CC2=C(C1)c1cc([N+](=O)[O-])ccc1C2(C)C. The number of likely N-dealkylation sites (N-methyl/N-ethyl adjacent to an activating group) is 1. The Kier molecular flexibility index (Phi) is 2.33.